The summed E-state index contributed by atoms with van der Waals surface area (Å²) < 4.78 is 9.22. The number of hydrogen-bond donors (Lipinski definition) is 0. The van der Waals surface area contributed by atoms with Crippen LogP contribution in [0, 0.1) is 11.8 Å². The Morgan fingerprint density at radius 2 is 2.00 bits per heavy atom. The normalized spacial score (nSPS) is 22.6. The molecular weight excluding hydrogens is 534 g/mol. The van der Waals surface area contributed by atoms with Crippen LogP contribution in [0.4, 0.5) is 0 Å². The molecule has 0 bridgehead atoms. The second-order valence-corrected chi connectivity index (χ2v) is 12.1. The van der Waals surface area contributed by atoms with Crippen molar-refractivity contribution >= 4 is 27.7 Å². The van der Waals surface area contributed by atoms with Gasteiger partial charge in [0, 0.05) is 48.1 Å². The van der Waals surface area contributed by atoms with Crippen LogP contribution in [-0.4, -0.2) is 56.2 Å². The van der Waals surface area contributed by atoms with Crippen molar-refractivity contribution in [2.75, 3.05) is 19.6 Å². The van der Waals surface area contributed by atoms with E-state index in [9.17, 15) is 9.59 Å². The van der Waals surface area contributed by atoms with E-state index in [0.29, 0.717) is 32.0 Å². The third-order valence-corrected chi connectivity index (χ3v) is 8.82. The van der Waals surface area contributed by atoms with Crippen LogP contribution in [-0.2, 0) is 22.6 Å². The van der Waals surface area contributed by atoms with Gasteiger partial charge in [-0.25, -0.2) is 4.68 Å². The number of halogens is 1. The summed E-state index contributed by atoms with van der Waals surface area (Å²) in [7, 11) is 0. The number of likely N-dealkylation sites (tertiary alicyclic amines) is 1. The number of carbonyl (C=O) groups excluding carboxylic acids is 2. The third-order valence-electron chi connectivity index (χ3n) is 8.07. The molecule has 3 aliphatic rings. The van der Waals surface area contributed by atoms with Gasteiger partial charge in [-0.1, -0.05) is 47.3 Å². The molecule has 2 amide bonds. The summed E-state index contributed by atoms with van der Waals surface area (Å²) in [6.07, 6.45) is 8.61. The van der Waals surface area contributed by atoms with Crippen LogP contribution in [0.2, 0.25) is 0 Å². The Hall–Kier alpha value is -2.42. The lowest BCUT2D eigenvalue weighted by Gasteiger charge is -2.42. The molecule has 0 N–H and O–H groups in total. The van der Waals surface area contributed by atoms with E-state index in [-0.39, 0.29) is 29.8 Å². The molecule has 1 aromatic carbocycles. The fraction of sp³-hybridized carbons (Fsp3) is 0.643. The molecule has 0 radical (unpaired) electrons. The molecule has 1 aromatic heterocycles. The number of carbonyl (C=O) groups is 2. The summed E-state index contributed by atoms with van der Waals surface area (Å²) in [5.74, 6) is 1.57. The molecule has 2 atom stereocenters. The molecule has 0 unspecified atom stereocenters. The Bertz CT molecular complexity index is 1140. The first-order valence-electron chi connectivity index (χ1n) is 13.7. The molecule has 2 aliphatic heterocycles. The van der Waals surface area contributed by atoms with Gasteiger partial charge in [0.25, 0.3) is 0 Å². The van der Waals surface area contributed by atoms with Crippen molar-refractivity contribution in [2.24, 2.45) is 11.8 Å². The molecule has 1 saturated carbocycles. The average molecular weight is 573 g/mol. The molecule has 5 rings (SSSR count). The lowest BCUT2D eigenvalue weighted by Crippen LogP contribution is -2.48. The van der Waals surface area contributed by atoms with Gasteiger partial charge in [-0.3, -0.25) is 9.59 Å². The van der Waals surface area contributed by atoms with Gasteiger partial charge in [-0.05, 0) is 56.7 Å². The van der Waals surface area contributed by atoms with Crippen molar-refractivity contribution in [3.05, 3.63) is 39.6 Å². The summed E-state index contributed by atoms with van der Waals surface area (Å²) in [6.45, 7) is 8.44. The molecule has 2 fully saturated rings. The second-order valence-electron chi connectivity index (χ2n) is 11.3. The summed E-state index contributed by atoms with van der Waals surface area (Å²) in [4.78, 5) is 30.7. The van der Waals surface area contributed by atoms with Crippen molar-refractivity contribution in [2.45, 2.75) is 84.4 Å². The first kappa shape index (κ1) is 26.2. The Morgan fingerprint density at radius 3 is 2.68 bits per heavy atom. The van der Waals surface area contributed by atoms with Crippen molar-refractivity contribution in [3.8, 4) is 5.75 Å². The first-order valence-corrected chi connectivity index (χ1v) is 14.5. The highest BCUT2D eigenvalue weighted by molar-refractivity contribution is 9.10. The van der Waals surface area contributed by atoms with Gasteiger partial charge < -0.3 is 14.5 Å². The van der Waals surface area contributed by atoms with Crippen LogP contribution in [0.25, 0.3) is 0 Å². The predicted molar refractivity (Wildman–Crippen MR) is 144 cm³/mol. The van der Waals surface area contributed by atoms with Crippen molar-refractivity contribution in [3.63, 3.8) is 0 Å². The van der Waals surface area contributed by atoms with Crippen LogP contribution in [0.3, 0.4) is 0 Å². The molecule has 200 valence electrons. The predicted octanol–water partition coefficient (Wildman–Crippen LogP) is 5.08. The van der Waals surface area contributed by atoms with Crippen LogP contribution in [0.5, 0.6) is 5.75 Å². The molecule has 1 saturated heterocycles. The van der Waals surface area contributed by atoms with E-state index in [0.717, 1.165) is 60.1 Å². The quantitative estimate of drug-likeness (QED) is 0.463. The highest BCUT2D eigenvalue weighted by Gasteiger charge is 2.40. The molecule has 1 aliphatic carbocycles. The molecular formula is C28H38BrN5O3. The Balaban J connectivity index is 1.47. The van der Waals surface area contributed by atoms with Crippen LogP contribution >= 0.6 is 15.9 Å². The minimum atomic E-state index is -0.230. The maximum absolute atomic E-state index is 13.9. The highest BCUT2D eigenvalue weighted by Crippen LogP contribution is 2.43. The minimum Gasteiger partial charge on any atom is -0.487 e. The second kappa shape index (κ2) is 11.1. The number of fused-ring (bicyclic) bond motifs is 1. The summed E-state index contributed by atoms with van der Waals surface area (Å²) in [5.41, 5.74) is 2.95. The lowest BCUT2D eigenvalue weighted by atomic mass is 9.85. The SMILES string of the molecule is CC(C)n1cc(COc2ccc(Br)c3c2[C@@H](CN2C[C@@H](C)CC2=O)N(C(=O)C2CCCCC2)CC3)nn1. The van der Waals surface area contributed by atoms with E-state index < -0.39 is 0 Å². The average Bonchev–Trinajstić information content (AvgIpc) is 3.50. The Kier molecular flexibility index (Phi) is 7.88. The largest absolute Gasteiger partial charge is 0.487 e. The number of amides is 2. The van der Waals surface area contributed by atoms with E-state index >= 15 is 0 Å². The number of hydrogen-bond acceptors (Lipinski definition) is 5. The van der Waals surface area contributed by atoms with Gasteiger partial charge >= 0.3 is 0 Å². The number of benzene rings is 1. The van der Waals surface area contributed by atoms with E-state index in [1.54, 1.807) is 0 Å². The molecule has 2 aromatic rings. The summed E-state index contributed by atoms with van der Waals surface area (Å²) in [6, 6.07) is 4.00. The molecule has 37 heavy (non-hydrogen) atoms. The van der Waals surface area contributed by atoms with Gasteiger partial charge in [-0.15, -0.1) is 5.10 Å². The third kappa shape index (κ3) is 5.56. The Labute approximate surface area is 227 Å². The van der Waals surface area contributed by atoms with E-state index in [4.69, 9.17) is 4.74 Å². The van der Waals surface area contributed by atoms with E-state index in [1.165, 1.54) is 12.0 Å². The standard InChI is InChI=1S/C28H38BrN5O3/c1-18(2)34-15-21(30-31-34)17-37-25-10-9-23(29)22-11-12-33(28(36)20-7-5-4-6-8-20)24(27(22)25)16-32-14-19(3)13-26(32)35/h9-10,15,18-20,24H,4-8,11-14,16-17H2,1-3H3/t19-,24+/m0/s1. The minimum absolute atomic E-state index is 0.0774. The summed E-state index contributed by atoms with van der Waals surface area (Å²) in [5, 5.41) is 8.47. The maximum Gasteiger partial charge on any atom is 0.226 e. The van der Waals surface area contributed by atoms with Gasteiger partial charge in [0.1, 0.15) is 18.1 Å². The van der Waals surface area contributed by atoms with Crippen LogP contribution in [0.1, 0.15) is 88.2 Å². The van der Waals surface area contributed by atoms with E-state index in [1.807, 2.05) is 27.9 Å². The van der Waals surface area contributed by atoms with Crippen LogP contribution in [0.15, 0.2) is 22.8 Å². The number of ether oxygens (including phenoxy) is 1. The summed E-state index contributed by atoms with van der Waals surface area (Å²) >= 11 is 3.76. The fourth-order valence-corrected chi connectivity index (χ4v) is 6.63. The number of rotatable bonds is 7. The fourth-order valence-electron chi connectivity index (χ4n) is 6.08. The smallest absolute Gasteiger partial charge is 0.226 e. The molecule has 0 spiro atoms. The van der Waals surface area contributed by atoms with Gasteiger partial charge in [-0.2, -0.15) is 0 Å². The number of nitrogens with zero attached hydrogens (tertiary/aromatic N) is 5. The van der Waals surface area contributed by atoms with Crippen LogP contribution < -0.4 is 4.74 Å². The van der Waals surface area contributed by atoms with Gasteiger partial charge in [0.05, 0.1) is 12.2 Å². The zero-order chi connectivity index (χ0) is 26.1. The maximum atomic E-state index is 13.9. The van der Waals surface area contributed by atoms with Gasteiger partial charge in [0.15, 0.2) is 0 Å². The Morgan fingerprint density at radius 1 is 1.22 bits per heavy atom. The lowest BCUT2D eigenvalue weighted by molar-refractivity contribution is -0.141. The van der Waals surface area contributed by atoms with Crippen molar-refractivity contribution < 1.29 is 14.3 Å². The molecule has 3 heterocycles. The zero-order valence-corrected chi connectivity index (χ0v) is 23.7. The van der Waals surface area contributed by atoms with Crippen molar-refractivity contribution in [1.29, 1.82) is 0 Å². The molecule has 8 nitrogen and oxygen atoms in total. The monoisotopic (exact) mass is 571 g/mol. The van der Waals surface area contributed by atoms with E-state index in [2.05, 4.69) is 51.9 Å². The zero-order valence-electron chi connectivity index (χ0n) is 22.2. The topological polar surface area (TPSA) is 80.6 Å². The van der Waals surface area contributed by atoms with Gasteiger partial charge in [0.2, 0.25) is 11.8 Å². The highest BCUT2D eigenvalue weighted by atomic mass is 79.9. The first-order chi connectivity index (χ1) is 17.8. The van der Waals surface area contributed by atoms with Crippen molar-refractivity contribution in [1.82, 2.24) is 24.8 Å². The number of aromatic nitrogens is 3. The molecule has 9 heteroatoms.